The summed E-state index contributed by atoms with van der Waals surface area (Å²) in [5.74, 6) is -0.426. The number of nitrogens with zero attached hydrogens (tertiary/aromatic N) is 1. The number of carbonyl (C=O) groups excluding carboxylic acids is 2. The van der Waals surface area contributed by atoms with E-state index in [4.69, 9.17) is 5.11 Å². The van der Waals surface area contributed by atoms with Crippen LogP contribution in [0.2, 0.25) is 0 Å². The molecule has 5 nitrogen and oxygen atoms in total. The van der Waals surface area contributed by atoms with Crippen molar-refractivity contribution >= 4 is 23.2 Å². The third-order valence-electron chi connectivity index (χ3n) is 2.65. The Hall–Kier alpha value is -1.40. The number of carbonyl (C=O) groups is 2. The van der Waals surface area contributed by atoms with Gasteiger partial charge >= 0.3 is 0 Å². The molecule has 0 saturated carbocycles. The van der Waals surface area contributed by atoms with Crippen LogP contribution in [0.3, 0.4) is 0 Å². The molecule has 0 saturated heterocycles. The van der Waals surface area contributed by atoms with Gasteiger partial charge in [0, 0.05) is 17.5 Å². The molecule has 0 fully saturated rings. The van der Waals surface area contributed by atoms with Crippen molar-refractivity contribution in [2.24, 2.45) is 0 Å². The summed E-state index contributed by atoms with van der Waals surface area (Å²) in [4.78, 5) is 26.9. The molecule has 0 radical (unpaired) electrons. The average Bonchev–Trinajstić information content (AvgIpc) is 2.79. The summed E-state index contributed by atoms with van der Waals surface area (Å²) >= 11 is 1.40. The molecule has 0 aliphatic rings. The molecule has 2 N–H and O–H groups in total. The molecule has 1 heterocycles. The van der Waals surface area contributed by atoms with Crippen LogP contribution in [0, 0.1) is 6.92 Å². The predicted molar refractivity (Wildman–Crippen MR) is 75.3 cm³/mol. The summed E-state index contributed by atoms with van der Waals surface area (Å²) < 4.78 is 0. The van der Waals surface area contributed by atoms with E-state index < -0.39 is 0 Å². The fourth-order valence-corrected chi connectivity index (χ4v) is 2.46. The molecule has 0 aromatic carbocycles. The molecule has 0 spiro atoms. The molecule has 0 unspecified atom stereocenters. The fraction of sp³-hybridized carbons (Fsp3) is 0.538. The minimum atomic E-state index is -0.237. The summed E-state index contributed by atoms with van der Waals surface area (Å²) in [6, 6.07) is 3.61. The lowest BCUT2D eigenvalue weighted by Gasteiger charge is -2.25. The maximum absolute atomic E-state index is 11.9. The SMILES string of the molecule is Cc1ccc(C(=O)NCC(=O)N(CCO)C(C)C)s1. The molecule has 19 heavy (non-hydrogen) atoms. The Labute approximate surface area is 117 Å². The molecular weight excluding hydrogens is 264 g/mol. The van der Waals surface area contributed by atoms with Crippen molar-refractivity contribution in [3.05, 3.63) is 21.9 Å². The summed E-state index contributed by atoms with van der Waals surface area (Å²) in [5, 5.41) is 11.5. The lowest BCUT2D eigenvalue weighted by atomic mass is 10.3. The number of rotatable bonds is 6. The fourth-order valence-electron chi connectivity index (χ4n) is 1.68. The summed E-state index contributed by atoms with van der Waals surface area (Å²) in [6.07, 6.45) is 0. The van der Waals surface area contributed by atoms with Crippen molar-refractivity contribution < 1.29 is 14.7 Å². The van der Waals surface area contributed by atoms with Crippen LogP contribution in [0.5, 0.6) is 0 Å². The minimum absolute atomic E-state index is 0.000495. The van der Waals surface area contributed by atoms with Crippen molar-refractivity contribution in [2.75, 3.05) is 19.7 Å². The lowest BCUT2D eigenvalue weighted by Crippen LogP contribution is -2.44. The highest BCUT2D eigenvalue weighted by Crippen LogP contribution is 2.14. The Morgan fingerprint density at radius 1 is 1.42 bits per heavy atom. The molecule has 106 valence electrons. The maximum atomic E-state index is 11.9. The molecule has 0 aliphatic heterocycles. The predicted octanol–water partition coefficient (Wildman–Crippen LogP) is 1.02. The van der Waals surface area contributed by atoms with Crippen LogP contribution in [-0.2, 0) is 4.79 Å². The van der Waals surface area contributed by atoms with Crippen molar-refractivity contribution in [3.8, 4) is 0 Å². The van der Waals surface area contributed by atoms with Crippen molar-refractivity contribution in [1.82, 2.24) is 10.2 Å². The maximum Gasteiger partial charge on any atom is 0.261 e. The second-order valence-corrected chi connectivity index (χ2v) is 5.79. The van der Waals surface area contributed by atoms with E-state index in [1.165, 1.54) is 11.3 Å². The Balaban J connectivity index is 2.51. The van der Waals surface area contributed by atoms with Gasteiger partial charge in [-0.05, 0) is 32.9 Å². The van der Waals surface area contributed by atoms with E-state index in [-0.39, 0.29) is 37.6 Å². The van der Waals surface area contributed by atoms with Crippen LogP contribution < -0.4 is 5.32 Å². The normalized spacial score (nSPS) is 10.6. The Morgan fingerprint density at radius 2 is 2.11 bits per heavy atom. The van der Waals surface area contributed by atoms with Crippen LogP contribution >= 0.6 is 11.3 Å². The molecule has 1 rings (SSSR count). The number of aliphatic hydroxyl groups excluding tert-OH is 1. The van der Waals surface area contributed by atoms with E-state index in [9.17, 15) is 9.59 Å². The summed E-state index contributed by atoms with van der Waals surface area (Å²) in [7, 11) is 0. The first-order valence-corrected chi connectivity index (χ1v) is 7.02. The van der Waals surface area contributed by atoms with E-state index in [0.717, 1.165) is 4.88 Å². The average molecular weight is 284 g/mol. The Kier molecular flexibility index (Phi) is 5.98. The summed E-state index contributed by atoms with van der Waals surface area (Å²) in [6.45, 7) is 5.82. The topological polar surface area (TPSA) is 69.6 Å². The van der Waals surface area contributed by atoms with Gasteiger partial charge < -0.3 is 15.3 Å². The smallest absolute Gasteiger partial charge is 0.261 e. The minimum Gasteiger partial charge on any atom is -0.395 e. The van der Waals surface area contributed by atoms with Crippen LogP contribution in [0.15, 0.2) is 12.1 Å². The molecule has 0 aliphatic carbocycles. The molecule has 0 bridgehead atoms. The number of amides is 2. The second kappa shape index (κ2) is 7.25. The van der Waals surface area contributed by atoms with E-state index in [1.54, 1.807) is 11.0 Å². The first-order valence-electron chi connectivity index (χ1n) is 6.20. The van der Waals surface area contributed by atoms with Gasteiger partial charge in [0.15, 0.2) is 0 Å². The third-order valence-corrected chi connectivity index (χ3v) is 3.65. The van der Waals surface area contributed by atoms with Gasteiger partial charge in [0.2, 0.25) is 5.91 Å². The van der Waals surface area contributed by atoms with Gasteiger partial charge in [0.05, 0.1) is 18.0 Å². The van der Waals surface area contributed by atoms with E-state index in [1.807, 2.05) is 26.8 Å². The van der Waals surface area contributed by atoms with Gasteiger partial charge in [-0.2, -0.15) is 0 Å². The molecule has 1 aromatic heterocycles. The monoisotopic (exact) mass is 284 g/mol. The highest BCUT2D eigenvalue weighted by atomic mass is 32.1. The molecule has 6 heteroatoms. The second-order valence-electron chi connectivity index (χ2n) is 4.50. The quantitative estimate of drug-likeness (QED) is 0.819. The van der Waals surface area contributed by atoms with Gasteiger partial charge in [0.25, 0.3) is 5.91 Å². The van der Waals surface area contributed by atoms with Gasteiger partial charge in [-0.15, -0.1) is 11.3 Å². The Morgan fingerprint density at radius 3 is 2.58 bits per heavy atom. The molecule has 0 atom stereocenters. The number of aryl methyl sites for hydroxylation is 1. The van der Waals surface area contributed by atoms with Gasteiger partial charge in [-0.25, -0.2) is 0 Å². The number of aliphatic hydroxyl groups is 1. The molecule has 2 amide bonds. The first-order chi connectivity index (χ1) is 8.95. The van der Waals surface area contributed by atoms with Crippen LogP contribution in [0.25, 0.3) is 0 Å². The highest BCUT2D eigenvalue weighted by Gasteiger charge is 2.17. The number of hydrogen-bond donors (Lipinski definition) is 2. The Bertz CT molecular complexity index is 443. The van der Waals surface area contributed by atoms with Crippen LogP contribution in [-0.4, -0.2) is 47.6 Å². The van der Waals surface area contributed by atoms with Gasteiger partial charge in [0.1, 0.15) is 0 Å². The van der Waals surface area contributed by atoms with E-state index in [2.05, 4.69) is 5.32 Å². The van der Waals surface area contributed by atoms with Gasteiger partial charge in [-0.1, -0.05) is 0 Å². The zero-order valence-corrected chi connectivity index (χ0v) is 12.3. The molecule has 1 aromatic rings. The standard InChI is InChI=1S/C13H20N2O3S/c1-9(2)15(6-7-16)12(17)8-14-13(18)11-5-4-10(3)19-11/h4-5,9,16H,6-8H2,1-3H3,(H,14,18). The van der Waals surface area contributed by atoms with Crippen molar-refractivity contribution in [2.45, 2.75) is 26.8 Å². The highest BCUT2D eigenvalue weighted by molar-refractivity contribution is 7.13. The van der Waals surface area contributed by atoms with E-state index in [0.29, 0.717) is 4.88 Å². The number of nitrogens with one attached hydrogen (secondary N) is 1. The zero-order chi connectivity index (χ0) is 14.4. The van der Waals surface area contributed by atoms with Gasteiger partial charge in [-0.3, -0.25) is 9.59 Å². The number of hydrogen-bond acceptors (Lipinski definition) is 4. The molecular formula is C13H20N2O3S. The first kappa shape index (κ1) is 15.7. The zero-order valence-electron chi connectivity index (χ0n) is 11.5. The lowest BCUT2D eigenvalue weighted by molar-refractivity contribution is -0.132. The van der Waals surface area contributed by atoms with E-state index >= 15 is 0 Å². The largest absolute Gasteiger partial charge is 0.395 e. The number of thiophene rings is 1. The van der Waals surface area contributed by atoms with Crippen LogP contribution in [0.1, 0.15) is 28.4 Å². The van der Waals surface area contributed by atoms with Crippen molar-refractivity contribution in [3.63, 3.8) is 0 Å². The van der Waals surface area contributed by atoms with Crippen molar-refractivity contribution in [1.29, 1.82) is 0 Å². The van der Waals surface area contributed by atoms with Crippen LogP contribution in [0.4, 0.5) is 0 Å². The third kappa shape index (κ3) is 4.65. The summed E-state index contributed by atoms with van der Waals surface area (Å²) in [5.41, 5.74) is 0.